The van der Waals surface area contributed by atoms with E-state index >= 15 is 0 Å². The largest absolute Gasteiger partial charge is 0.308 e. The highest BCUT2D eigenvalue weighted by Gasteiger charge is 2.25. The van der Waals surface area contributed by atoms with Gasteiger partial charge in [-0.3, -0.25) is 0 Å². The fourth-order valence-corrected chi connectivity index (χ4v) is 9.83. The summed E-state index contributed by atoms with van der Waals surface area (Å²) in [5, 5.41) is 34.9. The Bertz CT molecular complexity index is 4400. The number of para-hydroxylation sites is 2. The molecule has 0 radical (unpaired) electrons. The van der Waals surface area contributed by atoms with Gasteiger partial charge in [-0.1, -0.05) is 133 Å². The lowest BCUT2D eigenvalue weighted by atomic mass is 9.97. The molecule has 0 bridgehead atoms. The molecule has 12 rings (SSSR count). The van der Waals surface area contributed by atoms with Gasteiger partial charge in [0.15, 0.2) is 28.8 Å². The summed E-state index contributed by atoms with van der Waals surface area (Å²) in [6, 6.07) is 69.2. The molecule has 72 heavy (non-hydrogen) atoms. The Balaban J connectivity index is 1.17. The van der Waals surface area contributed by atoms with Gasteiger partial charge in [0.2, 0.25) is 0 Å². The first kappa shape index (κ1) is 42.4. The van der Waals surface area contributed by atoms with Gasteiger partial charge in [0, 0.05) is 38.2 Å². The molecule has 0 fully saturated rings. The number of hydrogen-bond donors (Lipinski definition) is 0. The van der Waals surface area contributed by atoms with Gasteiger partial charge in [0.25, 0.3) is 0 Å². The van der Waals surface area contributed by atoms with E-state index in [1.54, 1.807) is 24.3 Å². The summed E-state index contributed by atoms with van der Waals surface area (Å²) >= 11 is 0. The van der Waals surface area contributed by atoms with Gasteiger partial charge in [0.1, 0.15) is 6.07 Å². The molecule has 0 unspecified atom stereocenters. The highest BCUT2D eigenvalue weighted by atomic mass is 15.1. The quantitative estimate of drug-likeness (QED) is 0.146. The minimum Gasteiger partial charge on any atom is -0.308 e. The molecule has 9 aromatic carbocycles. The first-order valence-electron chi connectivity index (χ1n) is 22.8. The highest BCUT2D eigenvalue weighted by Crippen LogP contribution is 2.43. The summed E-state index contributed by atoms with van der Waals surface area (Å²) in [6.45, 7) is 15.5. The van der Waals surface area contributed by atoms with Crippen molar-refractivity contribution in [2.45, 2.75) is 0 Å². The lowest BCUT2D eigenvalue weighted by Crippen LogP contribution is -2.07. The number of aromatic nitrogens is 5. The lowest BCUT2D eigenvalue weighted by Gasteiger charge is -2.19. The summed E-state index contributed by atoms with van der Waals surface area (Å²) in [6.07, 6.45) is 0. The van der Waals surface area contributed by atoms with E-state index in [1.165, 1.54) is 0 Å². The summed E-state index contributed by atoms with van der Waals surface area (Å²) in [5.41, 5.74) is 12.0. The third-order valence-electron chi connectivity index (χ3n) is 13.1. The van der Waals surface area contributed by atoms with Gasteiger partial charge in [0.05, 0.1) is 75.4 Å². The zero-order valence-electron chi connectivity index (χ0n) is 37.9. The van der Waals surface area contributed by atoms with Crippen molar-refractivity contribution in [1.82, 2.24) is 24.1 Å². The summed E-state index contributed by atoms with van der Waals surface area (Å²) in [7, 11) is 0. The molecule has 0 amide bonds. The van der Waals surface area contributed by atoms with Gasteiger partial charge in [-0.2, -0.15) is 15.8 Å². The van der Waals surface area contributed by atoms with Gasteiger partial charge >= 0.3 is 0 Å². The fraction of sp³-hybridized carbons (Fsp3) is 0. The van der Waals surface area contributed by atoms with E-state index in [0.29, 0.717) is 68.0 Å². The summed E-state index contributed by atoms with van der Waals surface area (Å²) in [4.78, 5) is 22.9. The van der Waals surface area contributed by atoms with Crippen molar-refractivity contribution in [3.8, 4) is 86.0 Å². The molecule has 0 aliphatic rings. The molecule has 0 aliphatic heterocycles. The maximum atomic E-state index is 11.4. The van der Waals surface area contributed by atoms with Crippen LogP contribution in [0.4, 0.5) is 11.4 Å². The number of nitriles is 3. The zero-order valence-corrected chi connectivity index (χ0v) is 37.9. The van der Waals surface area contributed by atoms with Gasteiger partial charge in [-0.15, -0.1) is 0 Å². The Labute approximate surface area is 412 Å². The number of hydrogen-bond acceptors (Lipinski definition) is 6. The number of rotatable bonds is 7. The van der Waals surface area contributed by atoms with Crippen LogP contribution in [0.2, 0.25) is 0 Å². The smallest absolute Gasteiger partial charge is 0.184 e. The van der Waals surface area contributed by atoms with Gasteiger partial charge in [-0.25, -0.2) is 24.6 Å². The van der Waals surface area contributed by atoms with Crippen LogP contribution in [0.5, 0.6) is 0 Å². The molecule has 0 spiro atoms. The molecule has 0 atom stereocenters. The van der Waals surface area contributed by atoms with E-state index in [4.69, 9.17) is 28.1 Å². The maximum absolute atomic E-state index is 11.4. The Morgan fingerprint density at radius 1 is 0.375 bits per heavy atom. The predicted octanol–water partition coefficient (Wildman–Crippen LogP) is 15.1. The third kappa shape index (κ3) is 6.96. The first-order valence-corrected chi connectivity index (χ1v) is 22.8. The molecule has 0 saturated heterocycles. The van der Waals surface area contributed by atoms with Crippen molar-refractivity contribution in [3.05, 3.63) is 234 Å². The maximum Gasteiger partial charge on any atom is 0.184 e. The molecule has 12 aromatic rings. The van der Waals surface area contributed by atoms with E-state index in [-0.39, 0.29) is 0 Å². The Kier molecular flexibility index (Phi) is 10.2. The monoisotopic (exact) mass is 916 g/mol. The molecule has 10 heteroatoms. The molecule has 0 N–H and O–H groups in total. The molecule has 330 valence electrons. The standard InChI is InChI=1S/C62H32N10/c1-66-45-24-26-47(53(33-45)67-2)42-23-28-56-51(31-42)48-17-9-11-19-54(48)71(56)58-34-52(62-69-60(39-13-5-3-6-14-39)68-61(70-62)40-15-7-4-8-16-40)59(32-44(58)37-65)72-55-20-12-10-18-49(55)50-30-41(22-27-57(50)72)46-25-21-38(35-63)29-43(46)36-64/h3-34H. The van der Waals surface area contributed by atoms with E-state index < -0.39 is 0 Å². The molecular formula is C62H32N10. The Morgan fingerprint density at radius 2 is 0.903 bits per heavy atom. The average Bonchev–Trinajstić information content (AvgIpc) is 3.96. The molecule has 3 heterocycles. The van der Waals surface area contributed by atoms with Crippen molar-refractivity contribution in [3.63, 3.8) is 0 Å². The SMILES string of the molecule is [C-]#[N+]c1ccc(-c2ccc3c(c2)c2ccccc2n3-c2cc(-c3nc(-c4ccccc4)nc(-c4ccccc4)n3)c(-n3c4ccccc4c4cc(-c5ccc(C#N)cc5C#N)ccc43)cc2C#N)c([N+]#[C-])c1. The summed E-state index contributed by atoms with van der Waals surface area (Å²) < 4.78 is 4.26. The third-order valence-corrected chi connectivity index (χ3v) is 13.1. The number of fused-ring (bicyclic) bond motifs is 6. The van der Waals surface area contributed by atoms with Crippen molar-refractivity contribution in [2.24, 2.45) is 0 Å². The molecule has 3 aromatic heterocycles. The van der Waals surface area contributed by atoms with Crippen molar-refractivity contribution >= 4 is 55.0 Å². The van der Waals surface area contributed by atoms with Gasteiger partial charge < -0.3 is 9.13 Å². The van der Waals surface area contributed by atoms with Crippen LogP contribution < -0.4 is 0 Å². The first-order chi connectivity index (χ1) is 35.5. The highest BCUT2D eigenvalue weighted by molar-refractivity contribution is 6.13. The van der Waals surface area contributed by atoms with Crippen LogP contribution in [-0.4, -0.2) is 24.1 Å². The van der Waals surface area contributed by atoms with E-state index in [1.807, 2.05) is 140 Å². The van der Waals surface area contributed by atoms with Crippen molar-refractivity contribution in [1.29, 1.82) is 15.8 Å². The normalized spacial score (nSPS) is 11.0. The van der Waals surface area contributed by atoms with Crippen LogP contribution in [0, 0.1) is 47.1 Å². The molecule has 0 aliphatic carbocycles. The topological polar surface area (TPSA) is 129 Å². The van der Waals surface area contributed by atoms with Crippen LogP contribution in [0.3, 0.4) is 0 Å². The minimum absolute atomic E-state index is 0.389. The second kappa shape index (κ2) is 17.3. The second-order valence-corrected chi connectivity index (χ2v) is 17.1. The van der Waals surface area contributed by atoms with Crippen LogP contribution in [0.15, 0.2) is 194 Å². The van der Waals surface area contributed by atoms with E-state index in [2.05, 4.69) is 67.4 Å². The van der Waals surface area contributed by atoms with E-state index in [0.717, 1.165) is 71.4 Å². The van der Waals surface area contributed by atoms with Crippen LogP contribution >= 0.6 is 0 Å². The Hall–Kier alpha value is -11.0. The molecular weight excluding hydrogens is 885 g/mol. The van der Waals surface area contributed by atoms with Crippen LogP contribution in [0.25, 0.3) is 121 Å². The summed E-state index contributed by atoms with van der Waals surface area (Å²) in [5.74, 6) is 1.35. The van der Waals surface area contributed by atoms with Crippen molar-refractivity contribution < 1.29 is 0 Å². The number of nitrogens with zero attached hydrogens (tertiary/aromatic N) is 10. The average molecular weight is 917 g/mol. The fourth-order valence-electron chi connectivity index (χ4n) is 9.83. The molecule has 0 saturated carbocycles. The molecule has 10 nitrogen and oxygen atoms in total. The zero-order chi connectivity index (χ0) is 48.9. The number of benzene rings is 9. The minimum atomic E-state index is 0.389. The van der Waals surface area contributed by atoms with Crippen LogP contribution in [-0.2, 0) is 0 Å². The Morgan fingerprint density at radius 3 is 1.47 bits per heavy atom. The van der Waals surface area contributed by atoms with Crippen LogP contribution in [0.1, 0.15) is 16.7 Å². The van der Waals surface area contributed by atoms with Crippen molar-refractivity contribution in [2.75, 3.05) is 0 Å². The van der Waals surface area contributed by atoms with Gasteiger partial charge in [-0.05, 0) is 82.9 Å². The second-order valence-electron chi connectivity index (χ2n) is 17.1. The lowest BCUT2D eigenvalue weighted by molar-refractivity contribution is 1.06. The predicted molar refractivity (Wildman–Crippen MR) is 282 cm³/mol. The van der Waals surface area contributed by atoms with E-state index in [9.17, 15) is 15.8 Å².